The predicted octanol–water partition coefficient (Wildman–Crippen LogP) is 0.963. The van der Waals surface area contributed by atoms with E-state index in [-0.39, 0.29) is 28.8 Å². The van der Waals surface area contributed by atoms with E-state index in [1.54, 1.807) is 25.3 Å². The zero-order valence-corrected chi connectivity index (χ0v) is 14.7. The van der Waals surface area contributed by atoms with Gasteiger partial charge in [0.05, 0.1) is 13.2 Å². The van der Waals surface area contributed by atoms with Crippen LogP contribution in [0.15, 0.2) is 20.2 Å². The molecule has 0 aromatic carbocycles. The predicted molar refractivity (Wildman–Crippen MR) is 88.0 cm³/mol. The molecule has 0 bridgehead atoms. The summed E-state index contributed by atoms with van der Waals surface area (Å²) >= 11 is 1.04. The zero-order valence-electron chi connectivity index (χ0n) is 13.1. The highest BCUT2D eigenvalue weighted by molar-refractivity contribution is 7.95. The lowest BCUT2D eigenvalue weighted by molar-refractivity contribution is 0.0753. The molecule has 2 radical (unpaired) electrons. The molecule has 0 N–H and O–H groups in total. The number of anilines is 1. The Morgan fingerprint density at radius 1 is 1.39 bits per heavy atom. The Bertz CT molecular complexity index is 756. The molecular weight excluding hydrogens is 339 g/mol. The van der Waals surface area contributed by atoms with E-state index < -0.39 is 10.0 Å². The molecule has 2 aromatic rings. The highest BCUT2D eigenvalue weighted by Gasteiger charge is 2.31. The van der Waals surface area contributed by atoms with Crippen molar-refractivity contribution in [2.45, 2.75) is 18.1 Å². The number of sulfonamides is 1. The van der Waals surface area contributed by atoms with Crippen LogP contribution in [0.1, 0.15) is 11.3 Å². The number of hydrogen-bond donors (Lipinski definition) is 0. The molecule has 0 spiro atoms. The Morgan fingerprint density at radius 2 is 2.13 bits per heavy atom. The van der Waals surface area contributed by atoms with Crippen molar-refractivity contribution >= 4 is 40.5 Å². The Kier molecular flexibility index (Phi) is 5.85. The standard InChI is InChI=1S/C13H17BN2O5S2/c1-9-10(2)21-15-12(9)16(8-20-6-5-19-3)23(17,18)13-11(14)4-7-22-13/h4,7H,5-6,8H2,1-3H3. The van der Waals surface area contributed by atoms with E-state index in [2.05, 4.69) is 5.16 Å². The van der Waals surface area contributed by atoms with Crippen LogP contribution in [-0.2, 0) is 19.5 Å². The minimum Gasteiger partial charge on any atom is -0.382 e. The molecular formula is C13H17BN2O5S2. The Labute approximate surface area is 140 Å². The molecule has 7 nitrogen and oxygen atoms in total. The number of aromatic nitrogens is 1. The smallest absolute Gasteiger partial charge is 0.276 e. The molecule has 0 amide bonds. The molecule has 0 unspecified atom stereocenters. The summed E-state index contributed by atoms with van der Waals surface area (Å²) in [6.45, 7) is 3.83. The van der Waals surface area contributed by atoms with Crippen molar-refractivity contribution in [3.05, 3.63) is 22.8 Å². The topological polar surface area (TPSA) is 81.9 Å². The first-order chi connectivity index (χ1) is 10.9. The van der Waals surface area contributed by atoms with Gasteiger partial charge in [0, 0.05) is 12.7 Å². The van der Waals surface area contributed by atoms with E-state index in [0.29, 0.717) is 17.9 Å². The zero-order chi connectivity index (χ0) is 17.0. The van der Waals surface area contributed by atoms with E-state index in [4.69, 9.17) is 21.8 Å². The van der Waals surface area contributed by atoms with Gasteiger partial charge in [-0.05, 0) is 19.2 Å². The summed E-state index contributed by atoms with van der Waals surface area (Å²) < 4.78 is 42.3. The first kappa shape index (κ1) is 18.0. The second kappa shape index (κ2) is 7.48. The summed E-state index contributed by atoms with van der Waals surface area (Å²) in [5.41, 5.74) is 0.814. The highest BCUT2D eigenvalue weighted by Crippen LogP contribution is 2.28. The monoisotopic (exact) mass is 356 g/mol. The second-order valence-electron chi connectivity index (χ2n) is 4.73. The van der Waals surface area contributed by atoms with Crippen molar-refractivity contribution in [2.75, 3.05) is 31.4 Å². The lowest BCUT2D eigenvalue weighted by atomic mass is 10.0. The van der Waals surface area contributed by atoms with Crippen molar-refractivity contribution < 1.29 is 22.4 Å². The van der Waals surface area contributed by atoms with Gasteiger partial charge in [-0.15, -0.1) is 11.3 Å². The number of thiophene rings is 1. The maximum Gasteiger partial charge on any atom is 0.276 e. The largest absolute Gasteiger partial charge is 0.382 e. The van der Waals surface area contributed by atoms with E-state index in [1.807, 2.05) is 0 Å². The van der Waals surface area contributed by atoms with Crippen molar-refractivity contribution in [3.8, 4) is 0 Å². The second-order valence-corrected chi connectivity index (χ2v) is 7.71. The molecule has 2 aromatic heterocycles. The Balaban J connectivity index is 2.37. The molecule has 10 heteroatoms. The average molecular weight is 356 g/mol. The Morgan fingerprint density at radius 3 is 2.65 bits per heavy atom. The lowest BCUT2D eigenvalue weighted by Crippen LogP contribution is -2.36. The van der Waals surface area contributed by atoms with Crippen LogP contribution in [-0.4, -0.2) is 48.5 Å². The quantitative estimate of drug-likeness (QED) is 0.398. The number of hydrogen-bond acceptors (Lipinski definition) is 7. The van der Waals surface area contributed by atoms with Gasteiger partial charge in [0.1, 0.15) is 24.5 Å². The van der Waals surface area contributed by atoms with Gasteiger partial charge in [-0.3, -0.25) is 0 Å². The van der Waals surface area contributed by atoms with Crippen LogP contribution in [0.5, 0.6) is 0 Å². The summed E-state index contributed by atoms with van der Waals surface area (Å²) in [5.74, 6) is 0.726. The minimum absolute atomic E-state index is 0.0490. The van der Waals surface area contributed by atoms with Gasteiger partial charge in [0.25, 0.3) is 10.0 Å². The van der Waals surface area contributed by atoms with Gasteiger partial charge >= 0.3 is 0 Å². The summed E-state index contributed by atoms with van der Waals surface area (Å²) in [6.07, 6.45) is 0. The third-order valence-electron chi connectivity index (χ3n) is 3.19. The molecule has 0 saturated heterocycles. The highest BCUT2D eigenvalue weighted by atomic mass is 32.2. The van der Waals surface area contributed by atoms with E-state index in [1.165, 1.54) is 7.11 Å². The van der Waals surface area contributed by atoms with Crippen LogP contribution in [0, 0.1) is 13.8 Å². The molecule has 2 heterocycles. The first-order valence-electron chi connectivity index (χ1n) is 6.74. The van der Waals surface area contributed by atoms with Gasteiger partial charge in [0.15, 0.2) is 5.82 Å². The van der Waals surface area contributed by atoms with Crippen LogP contribution in [0.4, 0.5) is 5.82 Å². The molecule has 0 atom stereocenters. The fraction of sp³-hybridized carbons (Fsp3) is 0.462. The van der Waals surface area contributed by atoms with Crippen molar-refractivity contribution in [3.63, 3.8) is 0 Å². The van der Waals surface area contributed by atoms with Crippen LogP contribution >= 0.6 is 11.3 Å². The van der Waals surface area contributed by atoms with Gasteiger partial charge < -0.3 is 14.0 Å². The number of methoxy groups -OCH3 is 1. The van der Waals surface area contributed by atoms with Gasteiger partial charge in [-0.1, -0.05) is 16.7 Å². The number of nitrogens with zero attached hydrogens (tertiary/aromatic N) is 2. The van der Waals surface area contributed by atoms with Gasteiger partial charge in [-0.2, -0.15) is 0 Å². The van der Waals surface area contributed by atoms with Crippen molar-refractivity contribution in [2.24, 2.45) is 0 Å². The molecule has 0 fully saturated rings. The van der Waals surface area contributed by atoms with Crippen LogP contribution < -0.4 is 9.77 Å². The first-order valence-corrected chi connectivity index (χ1v) is 9.06. The minimum atomic E-state index is -3.90. The van der Waals surface area contributed by atoms with Crippen LogP contribution in [0.25, 0.3) is 0 Å². The molecule has 0 aliphatic rings. The third-order valence-corrected chi connectivity index (χ3v) is 6.40. The van der Waals surface area contributed by atoms with Crippen molar-refractivity contribution in [1.82, 2.24) is 5.16 Å². The molecule has 0 aliphatic heterocycles. The number of rotatable bonds is 8. The molecule has 0 saturated carbocycles. The number of ether oxygens (including phenoxy) is 2. The summed E-state index contributed by atoms with van der Waals surface area (Å²) in [7, 11) is 3.40. The number of aryl methyl sites for hydroxylation is 1. The fourth-order valence-corrected chi connectivity index (χ4v) is 4.43. The average Bonchev–Trinajstić information content (AvgIpc) is 3.07. The Hall–Kier alpha value is -1.36. The normalized spacial score (nSPS) is 11.8. The summed E-state index contributed by atoms with van der Waals surface area (Å²) in [6, 6.07) is 1.54. The van der Waals surface area contributed by atoms with Crippen molar-refractivity contribution in [1.29, 1.82) is 0 Å². The van der Waals surface area contributed by atoms with Gasteiger partial charge in [-0.25, -0.2) is 12.7 Å². The maximum absolute atomic E-state index is 12.9. The van der Waals surface area contributed by atoms with E-state index in [9.17, 15) is 8.42 Å². The van der Waals surface area contributed by atoms with E-state index >= 15 is 0 Å². The third kappa shape index (κ3) is 3.77. The summed E-state index contributed by atoms with van der Waals surface area (Å²) in [5, 5.41) is 5.46. The molecule has 2 rings (SSSR count). The van der Waals surface area contributed by atoms with E-state index in [0.717, 1.165) is 15.6 Å². The van der Waals surface area contributed by atoms with Gasteiger partial charge in [0.2, 0.25) is 0 Å². The summed E-state index contributed by atoms with van der Waals surface area (Å²) in [4.78, 5) is 0. The SMILES string of the molecule is [B]c1ccsc1S(=O)(=O)N(COCCOC)c1noc(C)c1C. The van der Waals surface area contributed by atoms with Crippen LogP contribution in [0.2, 0.25) is 0 Å². The van der Waals surface area contributed by atoms with Crippen LogP contribution in [0.3, 0.4) is 0 Å². The molecule has 23 heavy (non-hydrogen) atoms. The fourth-order valence-electron chi connectivity index (χ4n) is 1.79. The molecule has 0 aliphatic carbocycles. The maximum atomic E-state index is 12.9. The molecule has 124 valence electrons. The lowest BCUT2D eigenvalue weighted by Gasteiger charge is -2.22.